The molecule has 2 fully saturated rings. The Kier molecular flexibility index (Phi) is 4.95. The van der Waals surface area contributed by atoms with E-state index in [1.54, 1.807) is 6.20 Å². The van der Waals surface area contributed by atoms with E-state index in [2.05, 4.69) is 10.3 Å². The van der Waals surface area contributed by atoms with Gasteiger partial charge in [0, 0.05) is 35.8 Å². The molecule has 0 bridgehead atoms. The van der Waals surface area contributed by atoms with Gasteiger partial charge in [0.1, 0.15) is 0 Å². The van der Waals surface area contributed by atoms with Gasteiger partial charge in [0.15, 0.2) is 0 Å². The van der Waals surface area contributed by atoms with E-state index in [9.17, 15) is 9.59 Å². The van der Waals surface area contributed by atoms with Crippen LogP contribution in [0.3, 0.4) is 0 Å². The molecule has 3 aromatic rings. The molecule has 30 heavy (non-hydrogen) atoms. The molecule has 1 N–H and O–H groups in total. The molecule has 2 aliphatic carbocycles. The van der Waals surface area contributed by atoms with Gasteiger partial charge in [0.25, 0.3) is 5.91 Å². The van der Waals surface area contributed by atoms with E-state index in [0.717, 1.165) is 47.7 Å². The number of aromatic nitrogens is 1. The average Bonchev–Trinajstić information content (AvgIpc) is 3.68. The standard InChI is InChI=1S/C25H25N3O2/c29-23(15-20-4-1-3-18-5-2-14-26-24(18)20)28(22-12-13-22)16-17-6-8-19(9-7-17)25(30)27-21-10-11-21/h1-9,14,21-22H,10-13,15-16H2,(H,27,30). The molecule has 0 unspecified atom stereocenters. The number of benzene rings is 2. The molecule has 2 saturated carbocycles. The van der Waals surface area contributed by atoms with Crippen LogP contribution in [0.4, 0.5) is 0 Å². The van der Waals surface area contributed by atoms with Gasteiger partial charge >= 0.3 is 0 Å². The molecule has 152 valence electrons. The Bertz CT molecular complexity index is 1080. The highest BCUT2D eigenvalue weighted by Crippen LogP contribution is 2.30. The lowest BCUT2D eigenvalue weighted by atomic mass is 10.1. The summed E-state index contributed by atoms with van der Waals surface area (Å²) in [4.78, 5) is 31.8. The summed E-state index contributed by atoms with van der Waals surface area (Å²) in [6, 6.07) is 18.3. The second kappa shape index (κ2) is 7.90. The van der Waals surface area contributed by atoms with E-state index >= 15 is 0 Å². The third-order valence-electron chi connectivity index (χ3n) is 5.85. The van der Waals surface area contributed by atoms with Crippen LogP contribution in [0.1, 0.15) is 47.2 Å². The van der Waals surface area contributed by atoms with Gasteiger partial charge in [0.2, 0.25) is 5.91 Å². The maximum absolute atomic E-state index is 13.2. The second-order valence-electron chi connectivity index (χ2n) is 8.37. The molecule has 0 radical (unpaired) electrons. The maximum atomic E-state index is 13.2. The zero-order valence-electron chi connectivity index (χ0n) is 16.9. The minimum absolute atomic E-state index is 0.0115. The molecule has 0 spiro atoms. The van der Waals surface area contributed by atoms with Crippen molar-refractivity contribution in [2.45, 2.75) is 50.7 Å². The number of fused-ring (bicyclic) bond motifs is 1. The Labute approximate surface area is 176 Å². The lowest BCUT2D eigenvalue weighted by Gasteiger charge is -2.23. The fraction of sp³-hybridized carbons (Fsp3) is 0.320. The molecule has 2 aromatic carbocycles. The van der Waals surface area contributed by atoms with Crippen molar-refractivity contribution in [3.63, 3.8) is 0 Å². The molecule has 5 nitrogen and oxygen atoms in total. The summed E-state index contributed by atoms with van der Waals surface area (Å²) >= 11 is 0. The third-order valence-corrected chi connectivity index (χ3v) is 5.85. The first-order valence-corrected chi connectivity index (χ1v) is 10.7. The number of rotatable bonds is 7. The van der Waals surface area contributed by atoms with Crippen molar-refractivity contribution >= 4 is 22.7 Å². The van der Waals surface area contributed by atoms with E-state index in [1.807, 2.05) is 59.5 Å². The highest BCUT2D eigenvalue weighted by atomic mass is 16.2. The lowest BCUT2D eigenvalue weighted by molar-refractivity contribution is -0.131. The van der Waals surface area contributed by atoms with Gasteiger partial charge in [-0.2, -0.15) is 0 Å². The zero-order chi connectivity index (χ0) is 20.5. The fourth-order valence-corrected chi connectivity index (χ4v) is 3.84. The minimum Gasteiger partial charge on any atom is -0.349 e. The summed E-state index contributed by atoms with van der Waals surface area (Å²) in [5, 5.41) is 4.07. The van der Waals surface area contributed by atoms with Gasteiger partial charge in [-0.1, -0.05) is 36.4 Å². The van der Waals surface area contributed by atoms with E-state index in [4.69, 9.17) is 0 Å². The number of carbonyl (C=O) groups excluding carboxylic acids is 2. The summed E-state index contributed by atoms with van der Waals surface area (Å²) in [5.41, 5.74) is 3.59. The first-order valence-electron chi connectivity index (χ1n) is 10.7. The monoisotopic (exact) mass is 399 g/mol. The number of hydrogen-bond acceptors (Lipinski definition) is 3. The van der Waals surface area contributed by atoms with Crippen molar-refractivity contribution in [2.75, 3.05) is 0 Å². The summed E-state index contributed by atoms with van der Waals surface area (Å²) < 4.78 is 0. The van der Waals surface area contributed by atoms with Gasteiger partial charge in [-0.3, -0.25) is 14.6 Å². The van der Waals surface area contributed by atoms with Crippen LogP contribution in [0.15, 0.2) is 60.8 Å². The molecule has 5 rings (SSSR count). The maximum Gasteiger partial charge on any atom is 0.251 e. The van der Waals surface area contributed by atoms with Crippen LogP contribution in [0.5, 0.6) is 0 Å². The van der Waals surface area contributed by atoms with Crippen LogP contribution in [0.2, 0.25) is 0 Å². The second-order valence-corrected chi connectivity index (χ2v) is 8.37. The molecule has 2 aliphatic rings. The summed E-state index contributed by atoms with van der Waals surface area (Å²) in [5.74, 6) is 0.119. The quantitative estimate of drug-likeness (QED) is 0.656. The smallest absolute Gasteiger partial charge is 0.251 e. The van der Waals surface area contributed by atoms with E-state index in [0.29, 0.717) is 30.6 Å². The molecule has 1 heterocycles. The Morgan fingerprint density at radius 3 is 2.47 bits per heavy atom. The number of para-hydroxylation sites is 1. The van der Waals surface area contributed by atoms with Crippen molar-refractivity contribution in [3.8, 4) is 0 Å². The van der Waals surface area contributed by atoms with Gasteiger partial charge in [-0.25, -0.2) is 0 Å². The van der Waals surface area contributed by atoms with Crippen molar-refractivity contribution in [2.24, 2.45) is 0 Å². The Morgan fingerprint density at radius 1 is 0.967 bits per heavy atom. The van der Waals surface area contributed by atoms with Crippen molar-refractivity contribution in [1.82, 2.24) is 15.2 Å². The first-order chi connectivity index (χ1) is 14.7. The molecule has 0 aliphatic heterocycles. The topological polar surface area (TPSA) is 62.3 Å². The Hall–Kier alpha value is -3.21. The van der Waals surface area contributed by atoms with Gasteiger partial charge in [-0.15, -0.1) is 0 Å². The summed E-state index contributed by atoms with van der Waals surface area (Å²) in [6.07, 6.45) is 6.40. The molecular formula is C25H25N3O2. The van der Waals surface area contributed by atoms with Crippen molar-refractivity contribution in [1.29, 1.82) is 0 Å². The largest absolute Gasteiger partial charge is 0.349 e. The van der Waals surface area contributed by atoms with E-state index < -0.39 is 0 Å². The van der Waals surface area contributed by atoms with Crippen LogP contribution in [-0.2, 0) is 17.8 Å². The number of hydrogen-bond donors (Lipinski definition) is 1. The van der Waals surface area contributed by atoms with Gasteiger partial charge in [0.05, 0.1) is 11.9 Å². The number of amides is 2. The SMILES string of the molecule is O=C(NC1CC1)c1ccc(CN(C(=O)Cc2cccc3cccnc23)C2CC2)cc1. The summed E-state index contributed by atoms with van der Waals surface area (Å²) in [7, 11) is 0. The van der Waals surface area contributed by atoms with Crippen molar-refractivity contribution < 1.29 is 9.59 Å². The molecule has 0 atom stereocenters. The van der Waals surface area contributed by atoms with Crippen LogP contribution < -0.4 is 5.32 Å². The third kappa shape index (κ3) is 4.20. The number of nitrogens with zero attached hydrogens (tertiary/aromatic N) is 2. The van der Waals surface area contributed by atoms with Crippen LogP contribution in [-0.4, -0.2) is 33.8 Å². The highest BCUT2D eigenvalue weighted by molar-refractivity contribution is 5.94. The Morgan fingerprint density at radius 2 is 1.73 bits per heavy atom. The predicted octanol–water partition coefficient (Wildman–Crippen LogP) is 3.86. The number of pyridine rings is 1. The average molecular weight is 399 g/mol. The first kappa shape index (κ1) is 18.8. The van der Waals surface area contributed by atoms with E-state index in [-0.39, 0.29) is 11.8 Å². The van der Waals surface area contributed by atoms with Crippen LogP contribution in [0.25, 0.3) is 10.9 Å². The van der Waals surface area contributed by atoms with Gasteiger partial charge in [-0.05, 0) is 55.0 Å². The fourth-order valence-electron chi connectivity index (χ4n) is 3.84. The number of carbonyl (C=O) groups is 2. The molecule has 1 aromatic heterocycles. The number of nitrogens with one attached hydrogen (secondary N) is 1. The molecular weight excluding hydrogens is 374 g/mol. The van der Waals surface area contributed by atoms with Gasteiger partial charge < -0.3 is 10.2 Å². The Balaban J connectivity index is 1.29. The lowest BCUT2D eigenvalue weighted by Crippen LogP contribution is -2.34. The predicted molar refractivity (Wildman–Crippen MR) is 116 cm³/mol. The van der Waals surface area contributed by atoms with Crippen molar-refractivity contribution in [3.05, 3.63) is 77.5 Å². The molecule has 5 heteroatoms. The van der Waals surface area contributed by atoms with Crippen LogP contribution >= 0.6 is 0 Å². The minimum atomic E-state index is -0.0115. The van der Waals surface area contributed by atoms with Crippen LogP contribution in [0, 0.1) is 0 Å². The molecule has 0 saturated heterocycles. The normalized spacial score (nSPS) is 15.7. The summed E-state index contributed by atoms with van der Waals surface area (Å²) in [6.45, 7) is 0.576. The zero-order valence-corrected chi connectivity index (χ0v) is 16.9. The van der Waals surface area contributed by atoms with E-state index in [1.165, 1.54) is 0 Å². The highest BCUT2D eigenvalue weighted by Gasteiger charge is 2.32. The molecule has 2 amide bonds.